The van der Waals surface area contributed by atoms with Gasteiger partial charge in [0, 0.05) is 24.8 Å². The zero-order chi connectivity index (χ0) is 17.4. The van der Waals surface area contributed by atoms with Gasteiger partial charge in [0.25, 0.3) is 5.91 Å². The summed E-state index contributed by atoms with van der Waals surface area (Å²) in [7, 11) is 0. The highest BCUT2D eigenvalue weighted by molar-refractivity contribution is 5.93. The van der Waals surface area contributed by atoms with Crippen molar-refractivity contribution in [3.63, 3.8) is 0 Å². The van der Waals surface area contributed by atoms with Crippen LogP contribution in [0, 0.1) is 5.92 Å². The van der Waals surface area contributed by atoms with Gasteiger partial charge in [-0.15, -0.1) is 10.2 Å². The fourth-order valence-electron chi connectivity index (χ4n) is 2.76. The summed E-state index contributed by atoms with van der Waals surface area (Å²) < 4.78 is 3.60. The van der Waals surface area contributed by atoms with Gasteiger partial charge in [-0.05, 0) is 24.1 Å². The molecule has 0 saturated heterocycles. The van der Waals surface area contributed by atoms with Gasteiger partial charge in [-0.25, -0.2) is 9.97 Å². The van der Waals surface area contributed by atoms with Gasteiger partial charge in [0.2, 0.25) is 5.78 Å². The predicted molar refractivity (Wildman–Crippen MR) is 91.0 cm³/mol. The first-order chi connectivity index (χ1) is 12.1. The SMILES string of the molecule is CC(C)[C@H](NC(=O)c1cn2cccnc2n1)c1nnc2ccccn12. The molecule has 0 spiro atoms. The fourth-order valence-corrected chi connectivity index (χ4v) is 2.76. The van der Waals surface area contributed by atoms with E-state index in [0.29, 0.717) is 17.3 Å². The van der Waals surface area contributed by atoms with Gasteiger partial charge in [-0.1, -0.05) is 19.9 Å². The first-order valence-electron chi connectivity index (χ1n) is 8.04. The zero-order valence-corrected chi connectivity index (χ0v) is 13.9. The summed E-state index contributed by atoms with van der Waals surface area (Å²) >= 11 is 0. The second kappa shape index (κ2) is 5.97. The Morgan fingerprint density at radius 2 is 2.04 bits per heavy atom. The van der Waals surface area contributed by atoms with Gasteiger partial charge in [-0.3, -0.25) is 13.6 Å². The van der Waals surface area contributed by atoms with E-state index in [0.717, 1.165) is 5.65 Å². The maximum absolute atomic E-state index is 12.7. The molecule has 4 rings (SSSR count). The van der Waals surface area contributed by atoms with Crippen LogP contribution in [0.5, 0.6) is 0 Å². The summed E-state index contributed by atoms with van der Waals surface area (Å²) in [6.07, 6.45) is 7.00. The number of amides is 1. The number of imidazole rings is 1. The molecule has 4 aromatic rings. The smallest absolute Gasteiger partial charge is 0.272 e. The lowest BCUT2D eigenvalue weighted by atomic mass is 10.0. The van der Waals surface area contributed by atoms with E-state index in [1.54, 1.807) is 29.1 Å². The van der Waals surface area contributed by atoms with Gasteiger partial charge in [0.15, 0.2) is 11.5 Å². The maximum Gasteiger partial charge on any atom is 0.272 e. The molecule has 1 atom stereocenters. The highest BCUT2D eigenvalue weighted by Crippen LogP contribution is 2.21. The number of nitrogens with zero attached hydrogens (tertiary/aromatic N) is 6. The van der Waals surface area contributed by atoms with Gasteiger partial charge >= 0.3 is 0 Å². The van der Waals surface area contributed by atoms with E-state index >= 15 is 0 Å². The van der Waals surface area contributed by atoms with Crippen molar-refractivity contribution in [1.82, 2.24) is 34.3 Å². The van der Waals surface area contributed by atoms with Crippen LogP contribution in [0.1, 0.15) is 36.2 Å². The summed E-state index contributed by atoms with van der Waals surface area (Å²) in [5.74, 6) is 1.05. The molecule has 0 unspecified atom stereocenters. The van der Waals surface area contributed by atoms with Crippen molar-refractivity contribution in [1.29, 1.82) is 0 Å². The number of hydrogen-bond acceptors (Lipinski definition) is 5. The van der Waals surface area contributed by atoms with Crippen molar-refractivity contribution in [3.05, 3.63) is 60.6 Å². The Morgan fingerprint density at radius 1 is 1.16 bits per heavy atom. The Labute approximate surface area is 143 Å². The van der Waals surface area contributed by atoms with E-state index in [1.807, 2.05) is 42.6 Å². The second-order valence-electron chi connectivity index (χ2n) is 6.14. The van der Waals surface area contributed by atoms with E-state index in [4.69, 9.17) is 0 Å². The average molecular weight is 335 g/mol. The van der Waals surface area contributed by atoms with Crippen molar-refractivity contribution in [3.8, 4) is 0 Å². The fraction of sp³-hybridized carbons (Fsp3) is 0.235. The third-order valence-electron chi connectivity index (χ3n) is 4.04. The van der Waals surface area contributed by atoms with Crippen molar-refractivity contribution < 1.29 is 4.79 Å². The Bertz CT molecular complexity index is 1020. The molecule has 0 bridgehead atoms. The molecule has 1 amide bonds. The Hall–Kier alpha value is -3.29. The van der Waals surface area contributed by atoms with Crippen LogP contribution in [0.15, 0.2) is 49.1 Å². The van der Waals surface area contributed by atoms with Crippen molar-refractivity contribution in [2.24, 2.45) is 5.92 Å². The highest BCUT2D eigenvalue weighted by atomic mass is 16.2. The Morgan fingerprint density at radius 3 is 2.84 bits per heavy atom. The topological polar surface area (TPSA) is 89.5 Å². The molecular formula is C17H17N7O. The lowest BCUT2D eigenvalue weighted by molar-refractivity contribution is 0.0918. The van der Waals surface area contributed by atoms with E-state index < -0.39 is 0 Å². The van der Waals surface area contributed by atoms with Crippen molar-refractivity contribution in [2.45, 2.75) is 19.9 Å². The summed E-state index contributed by atoms with van der Waals surface area (Å²) in [4.78, 5) is 21.1. The van der Waals surface area contributed by atoms with E-state index in [1.165, 1.54) is 0 Å². The largest absolute Gasteiger partial charge is 0.340 e. The summed E-state index contributed by atoms with van der Waals surface area (Å²) in [6.45, 7) is 4.06. The standard InChI is InChI=1S/C17H17N7O/c1-11(2)14(15-22-21-13-6-3-4-9-24(13)15)20-16(25)12-10-23-8-5-7-18-17(23)19-12/h3-11,14H,1-2H3,(H,20,25)/t14-/m0/s1. The van der Waals surface area contributed by atoms with Crippen LogP contribution in [-0.2, 0) is 0 Å². The van der Waals surface area contributed by atoms with E-state index in [9.17, 15) is 4.79 Å². The molecule has 0 aliphatic carbocycles. The third-order valence-corrected chi connectivity index (χ3v) is 4.04. The van der Waals surface area contributed by atoms with Crippen LogP contribution in [0.25, 0.3) is 11.4 Å². The molecule has 4 aromatic heterocycles. The highest BCUT2D eigenvalue weighted by Gasteiger charge is 2.25. The molecule has 0 radical (unpaired) electrons. The monoisotopic (exact) mass is 335 g/mol. The van der Waals surface area contributed by atoms with Crippen LogP contribution in [0.2, 0.25) is 0 Å². The lowest BCUT2D eigenvalue weighted by Gasteiger charge is -2.20. The number of hydrogen-bond donors (Lipinski definition) is 1. The number of rotatable bonds is 4. The number of aromatic nitrogens is 6. The quantitative estimate of drug-likeness (QED) is 0.615. The minimum atomic E-state index is -0.289. The van der Waals surface area contributed by atoms with E-state index in [2.05, 4.69) is 25.5 Å². The first-order valence-corrected chi connectivity index (χ1v) is 8.04. The first kappa shape index (κ1) is 15.3. The van der Waals surface area contributed by atoms with Gasteiger partial charge < -0.3 is 5.32 Å². The molecule has 0 aliphatic heterocycles. The predicted octanol–water partition coefficient (Wildman–Crippen LogP) is 1.90. The summed E-state index contributed by atoms with van der Waals surface area (Å²) in [6, 6.07) is 7.19. The number of pyridine rings is 1. The third kappa shape index (κ3) is 2.71. The van der Waals surface area contributed by atoms with Gasteiger partial charge in [0.1, 0.15) is 5.69 Å². The number of fused-ring (bicyclic) bond motifs is 2. The minimum Gasteiger partial charge on any atom is -0.340 e. The maximum atomic E-state index is 12.7. The van der Waals surface area contributed by atoms with Crippen LogP contribution in [-0.4, -0.2) is 34.9 Å². The second-order valence-corrected chi connectivity index (χ2v) is 6.14. The Kier molecular flexibility index (Phi) is 3.64. The normalized spacial score (nSPS) is 12.8. The van der Waals surface area contributed by atoms with Crippen LogP contribution in [0.4, 0.5) is 0 Å². The van der Waals surface area contributed by atoms with Crippen LogP contribution < -0.4 is 5.32 Å². The molecule has 0 saturated carbocycles. The zero-order valence-electron chi connectivity index (χ0n) is 13.9. The van der Waals surface area contributed by atoms with Crippen molar-refractivity contribution >= 4 is 17.3 Å². The van der Waals surface area contributed by atoms with Crippen LogP contribution >= 0.6 is 0 Å². The van der Waals surface area contributed by atoms with Gasteiger partial charge in [-0.2, -0.15) is 0 Å². The van der Waals surface area contributed by atoms with Crippen molar-refractivity contribution in [2.75, 3.05) is 0 Å². The molecule has 4 heterocycles. The molecule has 8 nitrogen and oxygen atoms in total. The molecule has 0 aromatic carbocycles. The number of carbonyl (C=O) groups excluding carboxylic acids is 1. The molecule has 126 valence electrons. The molecule has 8 heteroatoms. The molecule has 25 heavy (non-hydrogen) atoms. The van der Waals surface area contributed by atoms with E-state index in [-0.39, 0.29) is 17.9 Å². The molecular weight excluding hydrogens is 318 g/mol. The molecule has 0 fully saturated rings. The number of nitrogens with one attached hydrogen (secondary N) is 1. The van der Waals surface area contributed by atoms with Gasteiger partial charge in [0.05, 0.1) is 6.04 Å². The minimum absolute atomic E-state index is 0.131. The van der Waals surface area contributed by atoms with Crippen LogP contribution in [0.3, 0.4) is 0 Å². The summed E-state index contributed by atoms with van der Waals surface area (Å²) in [5.41, 5.74) is 1.06. The molecule has 0 aliphatic rings. The molecule has 1 N–H and O–H groups in total. The average Bonchev–Trinajstić information content (AvgIpc) is 3.23. The lowest BCUT2D eigenvalue weighted by Crippen LogP contribution is -2.33. The summed E-state index contributed by atoms with van der Waals surface area (Å²) in [5, 5.41) is 11.5. The Balaban J connectivity index is 1.66. The number of carbonyl (C=O) groups is 1.